The Labute approximate surface area is 221 Å². The van der Waals surface area contributed by atoms with Gasteiger partial charge in [0, 0.05) is 37.5 Å². The maximum Gasteiger partial charge on any atom is 0.498 e. The van der Waals surface area contributed by atoms with Gasteiger partial charge in [0.1, 0.15) is 11.6 Å². The fraction of sp³-hybridized carbons (Fsp3) is 0.769. The van der Waals surface area contributed by atoms with Gasteiger partial charge in [-0.05, 0) is 73.1 Å². The first kappa shape index (κ1) is 29.2. The summed E-state index contributed by atoms with van der Waals surface area (Å²) >= 11 is 0. The highest BCUT2D eigenvalue weighted by molar-refractivity contribution is 6.61. The summed E-state index contributed by atoms with van der Waals surface area (Å²) in [6.45, 7) is 19.2. The van der Waals surface area contributed by atoms with E-state index >= 15 is 0 Å². The molecule has 0 aliphatic carbocycles. The van der Waals surface area contributed by atoms with Crippen molar-refractivity contribution in [2.45, 2.75) is 98.0 Å². The molecule has 0 radical (unpaired) electrons. The Morgan fingerprint density at radius 2 is 1.76 bits per heavy atom. The van der Waals surface area contributed by atoms with Gasteiger partial charge < -0.3 is 29.6 Å². The van der Waals surface area contributed by atoms with Gasteiger partial charge in [-0.25, -0.2) is 14.8 Å². The number of alkyl carbamates (subject to hydrolysis) is 1. The number of likely N-dealkylation sites (tertiary alicyclic amines) is 1. The third-order valence-corrected chi connectivity index (χ3v) is 7.18. The van der Waals surface area contributed by atoms with Crippen molar-refractivity contribution in [3.8, 4) is 0 Å². The van der Waals surface area contributed by atoms with E-state index in [2.05, 4.69) is 20.6 Å². The molecule has 37 heavy (non-hydrogen) atoms. The highest BCUT2D eigenvalue weighted by atomic mass is 16.7. The van der Waals surface area contributed by atoms with Gasteiger partial charge in [-0.2, -0.15) is 0 Å². The van der Waals surface area contributed by atoms with Crippen LogP contribution in [0.1, 0.15) is 75.2 Å². The summed E-state index contributed by atoms with van der Waals surface area (Å²) in [6.07, 6.45) is 4.77. The van der Waals surface area contributed by atoms with Crippen LogP contribution >= 0.6 is 0 Å². The lowest BCUT2D eigenvalue weighted by atomic mass is 9.81. The molecule has 3 heterocycles. The van der Waals surface area contributed by atoms with Gasteiger partial charge in [-0.3, -0.25) is 4.79 Å². The second-order valence-corrected chi connectivity index (χ2v) is 12.5. The molecule has 11 heteroatoms. The van der Waals surface area contributed by atoms with Gasteiger partial charge >= 0.3 is 13.2 Å². The summed E-state index contributed by atoms with van der Waals surface area (Å²) in [4.78, 5) is 36.4. The first-order valence-electron chi connectivity index (χ1n) is 13.3. The number of carbonyl (C=O) groups excluding carboxylic acids is 2. The van der Waals surface area contributed by atoms with E-state index in [0.717, 1.165) is 18.3 Å². The molecular weight excluding hydrogens is 473 g/mol. The second-order valence-electron chi connectivity index (χ2n) is 12.5. The summed E-state index contributed by atoms with van der Waals surface area (Å²) in [5.41, 5.74) is -0.691. The summed E-state index contributed by atoms with van der Waals surface area (Å²) in [5, 5.41) is 6.08. The summed E-state index contributed by atoms with van der Waals surface area (Å²) < 4.78 is 17.5. The van der Waals surface area contributed by atoms with Crippen molar-refractivity contribution in [3.63, 3.8) is 0 Å². The van der Waals surface area contributed by atoms with Crippen LogP contribution in [0.3, 0.4) is 0 Å². The zero-order valence-corrected chi connectivity index (χ0v) is 23.9. The Balaban J connectivity index is 1.53. The fourth-order valence-electron chi connectivity index (χ4n) is 4.34. The summed E-state index contributed by atoms with van der Waals surface area (Å²) in [6, 6.07) is -0.632. The number of ether oxygens (including phenoxy) is 1. The molecule has 1 aromatic heterocycles. The molecule has 2 saturated heterocycles. The molecule has 0 spiro atoms. The number of nitrogens with zero attached hydrogens (tertiary/aromatic N) is 3. The van der Waals surface area contributed by atoms with E-state index in [4.69, 9.17) is 14.0 Å². The Bertz CT molecular complexity index is 932. The minimum absolute atomic E-state index is 0.0607. The van der Waals surface area contributed by atoms with Crippen molar-refractivity contribution in [1.29, 1.82) is 0 Å². The summed E-state index contributed by atoms with van der Waals surface area (Å²) in [7, 11) is -0.500. The molecule has 0 bridgehead atoms. The molecule has 206 valence electrons. The van der Waals surface area contributed by atoms with E-state index < -0.39 is 36.1 Å². The standard InChI is InChI=1S/C26H44BN5O5/c1-17(2)20(31-23(34)35-24(3,4)5)21(33)32-12-10-11-18(16-32)13-28-22-29-14-19(15-30-22)27-36-25(6,7)26(8,9)37-27/h14-15,17-18,20H,10-13,16H2,1-9H3,(H,31,34)(H,28,29,30)/t18-,20-/m0/s1. The molecule has 0 saturated carbocycles. The topological polar surface area (TPSA) is 115 Å². The minimum Gasteiger partial charge on any atom is -0.444 e. The molecule has 2 fully saturated rings. The monoisotopic (exact) mass is 517 g/mol. The van der Waals surface area contributed by atoms with Crippen LogP contribution in [0.2, 0.25) is 0 Å². The molecule has 2 aliphatic rings. The van der Waals surface area contributed by atoms with Crippen molar-refractivity contribution < 1.29 is 23.6 Å². The van der Waals surface area contributed by atoms with E-state index in [0.29, 0.717) is 25.6 Å². The molecule has 2 N–H and O–H groups in total. The van der Waals surface area contributed by atoms with Crippen LogP contribution < -0.4 is 16.1 Å². The van der Waals surface area contributed by atoms with Crippen LogP contribution in [-0.2, 0) is 18.8 Å². The maximum absolute atomic E-state index is 13.3. The van der Waals surface area contributed by atoms with Gasteiger partial charge in [-0.1, -0.05) is 13.8 Å². The molecule has 0 aromatic carbocycles. The first-order chi connectivity index (χ1) is 17.1. The number of rotatable bonds is 7. The molecule has 10 nitrogen and oxygen atoms in total. The van der Waals surface area contributed by atoms with Crippen molar-refractivity contribution in [3.05, 3.63) is 12.4 Å². The number of amides is 2. The Kier molecular flexibility index (Phi) is 8.79. The third kappa shape index (κ3) is 7.57. The Morgan fingerprint density at radius 3 is 2.30 bits per heavy atom. The van der Waals surface area contributed by atoms with E-state index in [-0.39, 0.29) is 17.7 Å². The fourth-order valence-corrected chi connectivity index (χ4v) is 4.34. The normalized spacial score (nSPS) is 22.1. The highest BCUT2D eigenvalue weighted by Crippen LogP contribution is 2.36. The average molecular weight is 517 g/mol. The smallest absolute Gasteiger partial charge is 0.444 e. The molecule has 2 amide bonds. The van der Waals surface area contributed by atoms with Gasteiger partial charge in [0.05, 0.1) is 11.2 Å². The SMILES string of the molecule is CC(C)[C@H](NC(=O)OC(C)(C)C)C(=O)N1CCC[C@@H](CNc2ncc(B3OC(C)(C)C(C)(C)O3)cn2)C1. The lowest BCUT2D eigenvalue weighted by molar-refractivity contribution is -0.136. The Morgan fingerprint density at radius 1 is 1.16 bits per heavy atom. The van der Waals surface area contributed by atoms with Gasteiger partial charge in [0.15, 0.2) is 0 Å². The van der Waals surface area contributed by atoms with Crippen LogP contribution in [0.4, 0.5) is 10.7 Å². The quantitative estimate of drug-likeness (QED) is 0.531. The second kappa shape index (κ2) is 11.1. The van der Waals surface area contributed by atoms with Crippen LogP contribution in [0, 0.1) is 11.8 Å². The molecule has 2 atom stereocenters. The minimum atomic E-state index is -0.632. The average Bonchev–Trinajstić information content (AvgIpc) is 3.01. The lowest BCUT2D eigenvalue weighted by Gasteiger charge is -2.36. The van der Waals surface area contributed by atoms with Gasteiger partial charge in [0.2, 0.25) is 11.9 Å². The van der Waals surface area contributed by atoms with E-state index in [1.165, 1.54) is 0 Å². The van der Waals surface area contributed by atoms with E-state index in [9.17, 15) is 9.59 Å². The largest absolute Gasteiger partial charge is 0.498 e. The van der Waals surface area contributed by atoms with Crippen LogP contribution in [0.25, 0.3) is 0 Å². The van der Waals surface area contributed by atoms with Gasteiger partial charge in [0.25, 0.3) is 0 Å². The van der Waals surface area contributed by atoms with Crippen molar-refractivity contribution in [2.75, 3.05) is 25.0 Å². The van der Waals surface area contributed by atoms with Crippen LogP contribution in [0.5, 0.6) is 0 Å². The zero-order chi connectivity index (χ0) is 27.6. The number of aromatic nitrogens is 2. The molecule has 0 unspecified atom stereocenters. The number of hydrogen-bond donors (Lipinski definition) is 2. The lowest BCUT2D eigenvalue weighted by Crippen LogP contribution is -2.54. The van der Waals surface area contributed by atoms with Crippen molar-refractivity contribution in [1.82, 2.24) is 20.2 Å². The predicted octanol–water partition coefficient (Wildman–Crippen LogP) is 2.98. The van der Waals surface area contributed by atoms with Crippen LogP contribution in [-0.4, -0.2) is 76.5 Å². The van der Waals surface area contributed by atoms with E-state index in [1.807, 2.05) is 46.4 Å². The predicted molar refractivity (Wildman–Crippen MR) is 144 cm³/mol. The van der Waals surface area contributed by atoms with Crippen LogP contribution in [0.15, 0.2) is 12.4 Å². The van der Waals surface area contributed by atoms with Gasteiger partial charge in [-0.15, -0.1) is 0 Å². The van der Waals surface area contributed by atoms with E-state index in [1.54, 1.807) is 33.2 Å². The molecule has 1 aromatic rings. The molecule has 2 aliphatic heterocycles. The Hall–Kier alpha value is -2.40. The molecular formula is C26H44BN5O5. The third-order valence-electron chi connectivity index (χ3n) is 7.18. The van der Waals surface area contributed by atoms with Crippen molar-refractivity contribution in [2.24, 2.45) is 11.8 Å². The maximum atomic E-state index is 13.3. The summed E-state index contributed by atoms with van der Waals surface area (Å²) in [5.74, 6) is 0.636. The number of anilines is 1. The molecule has 3 rings (SSSR count). The number of piperidine rings is 1. The first-order valence-corrected chi connectivity index (χ1v) is 13.3. The highest BCUT2D eigenvalue weighted by Gasteiger charge is 2.52. The number of carbonyl (C=O) groups is 2. The zero-order valence-electron chi connectivity index (χ0n) is 23.9. The number of nitrogens with one attached hydrogen (secondary N) is 2. The number of hydrogen-bond acceptors (Lipinski definition) is 8. The van der Waals surface area contributed by atoms with Crippen molar-refractivity contribution >= 4 is 30.5 Å².